The van der Waals surface area contributed by atoms with Crippen LogP contribution < -0.4 is 15.5 Å². The molecule has 0 atom stereocenters. The highest BCUT2D eigenvalue weighted by atomic mass is 16.4. The number of carboxylic acid groups (broad SMARTS) is 1. The fraction of sp³-hybridized carbons (Fsp3) is 0.556. The number of carboxylic acids is 1. The number of hydrogen-bond donors (Lipinski definition) is 3. The summed E-state index contributed by atoms with van der Waals surface area (Å²) in [5, 5.41) is 13.8. The van der Waals surface area contributed by atoms with Crippen LogP contribution in [0.5, 0.6) is 0 Å². The van der Waals surface area contributed by atoms with Crippen molar-refractivity contribution in [3.8, 4) is 0 Å². The Morgan fingerprint density at radius 2 is 1.89 bits per heavy atom. The lowest BCUT2D eigenvalue weighted by Crippen LogP contribution is -2.49. The highest BCUT2D eigenvalue weighted by Crippen LogP contribution is 2.31. The van der Waals surface area contributed by atoms with E-state index in [0.717, 1.165) is 44.8 Å². The molecular formula is C18H25N5O4. The lowest BCUT2D eigenvalue weighted by atomic mass is 10.2. The summed E-state index contributed by atoms with van der Waals surface area (Å²) >= 11 is 0. The van der Waals surface area contributed by atoms with Gasteiger partial charge in [0.2, 0.25) is 5.91 Å². The van der Waals surface area contributed by atoms with Gasteiger partial charge >= 0.3 is 12.0 Å². The van der Waals surface area contributed by atoms with Crippen LogP contribution in [0, 0.1) is 5.92 Å². The molecule has 3 N–H and O–H groups in total. The van der Waals surface area contributed by atoms with Crippen LogP contribution in [0.4, 0.5) is 16.3 Å². The van der Waals surface area contributed by atoms with Gasteiger partial charge in [-0.2, -0.15) is 0 Å². The van der Waals surface area contributed by atoms with Crippen molar-refractivity contribution in [2.75, 3.05) is 42.9 Å². The molecule has 2 heterocycles. The van der Waals surface area contributed by atoms with Crippen LogP contribution in [-0.4, -0.2) is 65.6 Å². The van der Waals surface area contributed by atoms with Crippen LogP contribution in [0.25, 0.3) is 0 Å². The Morgan fingerprint density at radius 1 is 1.15 bits per heavy atom. The highest BCUT2D eigenvalue weighted by Gasteiger charge is 2.34. The molecule has 2 aliphatic rings. The second-order valence-electron chi connectivity index (χ2n) is 6.87. The van der Waals surface area contributed by atoms with Gasteiger partial charge in [-0.3, -0.25) is 9.59 Å². The van der Waals surface area contributed by atoms with E-state index in [-0.39, 0.29) is 24.3 Å². The van der Waals surface area contributed by atoms with E-state index in [9.17, 15) is 14.4 Å². The SMILES string of the molecule is O=C(O)CCCNC(=O)Nc1ccc(N2CCN(C(=O)C3CC3)CC2)nc1. The molecular weight excluding hydrogens is 350 g/mol. The molecule has 1 aliphatic carbocycles. The zero-order valence-electron chi connectivity index (χ0n) is 15.2. The van der Waals surface area contributed by atoms with Crippen LogP contribution >= 0.6 is 0 Å². The van der Waals surface area contributed by atoms with Gasteiger partial charge in [0, 0.05) is 45.1 Å². The molecule has 1 aromatic rings. The monoisotopic (exact) mass is 375 g/mol. The molecule has 1 saturated heterocycles. The van der Waals surface area contributed by atoms with Gasteiger partial charge in [-0.1, -0.05) is 0 Å². The Morgan fingerprint density at radius 3 is 2.48 bits per heavy atom. The zero-order chi connectivity index (χ0) is 19.2. The molecule has 0 bridgehead atoms. The Labute approximate surface area is 157 Å². The second kappa shape index (κ2) is 8.70. The first-order valence-electron chi connectivity index (χ1n) is 9.29. The maximum atomic E-state index is 12.1. The summed E-state index contributed by atoms with van der Waals surface area (Å²) in [7, 11) is 0. The third kappa shape index (κ3) is 5.57. The standard InChI is InChI=1S/C18H25N5O4/c24-16(25)2-1-7-19-18(27)21-14-5-6-15(20-12-14)22-8-10-23(11-9-22)17(26)13-3-4-13/h5-6,12-13H,1-4,7-11H2,(H,24,25)(H2,19,21,27). The summed E-state index contributed by atoms with van der Waals surface area (Å²) < 4.78 is 0. The fourth-order valence-electron chi connectivity index (χ4n) is 3.01. The normalized spacial score (nSPS) is 16.7. The van der Waals surface area contributed by atoms with Gasteiger partial charge in [0.25, 0.3) is 0 Å². The van der Waals surface area contributed by atoms with Crippen LogP contribution in [0.15, 0.2) is 18.3 Å². The van der Waals surface area contributed by atoms with Gasteiger partial charge in [-0.15, -0.1) is 0 Å². The number of pyridine rings is 1. The molecule has 0 spiro atoms. The smallest absolute Gasteiger partial charge is 0.319 e. The largest absolute Gasteiger partial charge is 0.481 e. The van der Waals surface area contributed by atoms with Gasteiger partial charge in [0.15, 0.2) is 0 Å². The lowest BCUT2D eigenvalue weighted by Gasteiger charge is -2.35. The number of nitrogens with zero attached hydrogens (tertiary/aromatic N) is 3. The van der Waals surface area contributed by atoms with Gasteiger partial charge in [0.05, 0.1) is 11.9 Å². The Balaban J connectivity index is 1.41. The number of nitrogens with one attached hydrogen (secondary N) is 2. The van der Waals surface area contributed by atoms with E-state index < -0.39 is 5.97 Å². The van der Waals surface area contributed by atoms with Crippen molar-refractivity contribution in [2.45, 2.75) is 25.7 Å². The van der Waals surface area contributed by atoms with E-state index in [1.54, 1.807) is 12.3 Å². The summed E-state index contributed by atoms with van der Waals surface area (Å²) in [6.45, 7) is 3.24. The predicted octanol–water partition coefficient (Wildman–Crippen LogP) is 1.13. The molecule has 0 aromatic carbocycles. The maximum absolute atomic E-state index is 12.1. The number of anilines is 2. The third-order valence-electron chi connectivity index (χ3n) is 4.70. The lowest BCUT2D eigenvalue weighted by molar-refractivity contribution is -0.137. The van der Waals surface area contributed by atoms with Crippen molar-refractivity contribution >= 4 is 29.4 Å². The van der Waals surface area contributed by atoms with Crippen LogP contribution in [0.2, 0.25) is 0 Å². The Hall–Kier alpha value is -2.84. The van der Waals surface area contributed by atoms with Crippen molar-refractivity contribution in [2.24, 2.45) is 5.92 Å². The van der Waals surface area contributed by atoms with Crippen molar-refractivity contribution in [1.82, 2.24) is 15.2 Å². The minimum atomic E-state index is -0.880. The molecule has 1 aromatic heterocycles. The number of rotatable bonds is 7. The minimum Gasteiger partial charge on any atom is -0.481 e. The van der Waals surface area contributed by atoms with Gasteiger partial charge in [-0.05, 0) is 31.4 Å². The fourth-order valence-corrected chi connectivity index (χ4v) is 3.01. The van der Waals surface area contributed by atoms with Crippen molar-refractivity contribution in [1.29, 1.82) is 0 Å². The summed E-state index contributed by atoms with van der Waals surface area (Å²) in [5.74, 6) is 0.488. The number of aliphatic carboxylic acids is 1. The molecule has 1 saturated carbocycles. The third-order valence-corrected chi connectivity index (χ3v) is 4.70. The molecule has 1 aliphatic heterocycles. The molecule has 3 rings (SSSR count). The molecule has 0 unspecified atom stereocenters. The molecule has 9 nitrogen and oxygen atoms in total. The predicted molar refractivity (Wildman–Crippen MR) is 99.6 cm³/mol. The zero-order valence-corrected chi connectivity index (χ0v) is 15.2. The molecule has 3 amide bonds. The maximum Gasteiger partial charge on any atom is 0.319 e. The van der Waals surface area contributed by atoms with Crippen LogP contribution in [-0.2, 0) is 9.59 Å². The van der Waals surface area contributed by atoms with Crippen LogP contribution in [0.3, 0.4) is 0 Å². The van der Waals surface area contributed by atoms with Crippen LogP contribution in [0.1, 0.15) is 25.7 Å². The van der Waals surface area contributed by atoms with Gasteiger partial charge in [-0.25, -0.2) is 9.78 Å². The van der Waals surface area contributed by atoms with E-state index in [0.29, 0.717) is 18.7 Å². The summed E-state index contributed by atoms with van der Waals surface area (Å²) in [6.07, 6.45) is 4.06. The average molecular weight is 375 g/mol. The van der Waals surface area contributed by atoms with E-state index in [4.69, 9.17) is 5.11 Å². The number of carbonyl (C=O) groups is 3. The molecule has 146 valence electrons. The number of piperazine rings is 1. The molecule has 0 radical (unpaired) electrons. The summed E-state index contributed by atoms with van der Waals surface area (Å²) in [5.41, 5.74) is 0.567. The first-order chi connectivity index (χ1) is 13.0. The number of aromatic nitrogens is 1. The number of urea groups is 1. The van der Waals surface area contributed by atoms with Crippen molar-refractivity contribution < 1.29 is 19.5 Å². The number of amides is 3. The van der Waals surface area contributed by atoms with E-state index in [1.165, 1.54) is 0 Å². The molecule has 2 fully saturated rings. The first kappa shape index (κ1) is 18.9. The Kier molecular flexibility index (Phi) is 6.10. The highest BCUT2D eigenvalue weighted by molar-refractivity contribution is 5.89. The first-order valence-corrected chi connectivity index (χ1v) is 9.29. The van der Waals surface area contributed by atoms with Gasteiger partial charge in [0.1, 0.15) is 5.82 Å². The molecule has 27 heavy (non-hydrogen) atoms. The van der Waals surface area contributed by atoms with Gasteiger partial charge < -0.3 is 25.5 Å². The number of carbonyl (C=O) groups excluding carboxylic acids is 2. The van der Waals surface area contributed by atoms with E-state index in [2.05, 4.69) is 20.5 Å². The summed E-state index contributed by atoms with van der Waals surface area (Å²) in [4.78, 5) is 42.7. The topological polar surface area (TPSA) is 115 Å². The van der Waals surface area contributed by atoms with E-state index >= 15 is 0 Å². The minimum absolute atomic E-state index is 0.0239. The van der Waals surface area contributed by atoms with E-state index in [1.807, 2.05) is 11.0 Å². The summed E-state index contributed by atoms with van der Waals surface area (Å²) in [6, 6.07) is 3.24. The van der Waals surface area contributed by atoms with Crippen molar-refractivity contribution in [3.63, 3.8) is 0 Å². The number of hydrogen-bond acceptors (Lipinski definition) is 5. The van der Waals surface area contributed by atoms with Crippen molar-refractivity contribution in [3.05, 3.63) is 18.3 Å². The second-order valence-corrected chi connectivity index (χ2v) is 6.87. The quantitative estimate of drug-likeness (QED) is 0.616. The Bertz CT molecular complexity index is 681. The average Bonchev–Trinajstić information content (AvgIpc) is 3.51. The molecule has 9 heteroatoms.